The summed E-state index contributed by atoms with van der Waals surface area (Å²) in [6.45, 7) is 2.17. The molecule has 6 nitrogen and oxygen atoms in total. The van der Waals surface area contributed by atoms with Gasteiger partial charge in [-0.25, -0.2) is 4.99 Å². The van der Waals surface area contributed by atoms with Crippen LogP contribution in [0.5, 0.6) is 0 Å². The number of nitrogens with two attached hydrogens (primary N) is 1. The van der Waals surface area contributed by atoms with Gasteiger partial charge in [0.1, 0.15) is 11.3 Å². The highest BCUT2D eigenvalue weighted by Crippen LogP contribution is 2.87. The van der Waals surface area contributed by atoms with Crippen molar-refractivity contribution in [3.63, 3.8) is 0 Å². The number of hydrogen-bond donors (Lipinski definition) is 1. The molecular formula is C24H22N4O2. The Morgan fingerprint density at radius 3 is 2.00 bits per heavy atom. The Hall–Kier alpha value is -3.19. The van der Waals surface area contributed by atoms with Gasteiger partial charge < -0.3 is 15.2 Å². The number of hydrogen-bond acceptors (Lipinski definition) is 6. The van der Waals surface area contributed by atoms with E-state index in [1.165, 1.54) is 0 Å². The van der Waals surface area contributed by atoms with Gasteiger partial charge in [0.2, 0.25) is 0 Å². The molecule has 0 aromatic heterocycles. The van der Waals surface area contributed by atoms with E-state index >= 15 is 0 Å². The van der Waals surface area contributed by atoms with Crippen molar-refractivity contribution in [1.29, 1.82) is 10.5 Å². The molecule has 1 aliphatic carbocycles. The zero-order valence-corrected chi connectivity index (χ0v) is 16.7. The molecular weight excluding hydrogens is 376 g/mol. The third kappa shape index (κ3) is 1.96. The van der Waals surface area contributed by atoms with Crippen LogP contribution in [0.1, 0.15) is 18.1 Å². The maximum Gasteiger partial charge on any atom is 0.293 e. The molecule has 1 saturated carbocycles. The second-order valence-electron chi connectivity index (χ2n) is 8.45. The van der Waals surface area contributed by atoms with Gasteiger partial charge in [-0.05, 0) is 30.9 Å². The lowest BCUT2D eigenvalue weighted by atomic mass is 9.79. The van der Waals surface area contributed by atoms with E-state index in [1.54, 1.807) is 0 Å². The van der Waals surface area contributed by atoms with Gasteiger partial charge in [-0.15, -0.1) is 0 Å². The van der Waals surface area contributed by atoms with Crippen molar-refractivity contribution in [3.8, 4) is 12.1 Å². The van der Waals surface area contributed by atoms with E-state index in [0.29, 0.717) is 19.4 Å². The third-order valence-corrected chi connectivity index (χ3v) is 6.97. The highest BCUT2D eigenvalue weighted by Gasteiger charge is 3.00. The zero-order chi connectivity index (χ0) is 21.0. The summed E-state index contributed by atoms with van der Waals surface area (Å²) in [5.41, 5.74) is 5.03. The maximum absolute atomic E-state index is 10.6. The van der Waals surface area contributed by atoms with Crippen molar-refractivity contribution in [2.75, 3.05) is 6.61 Å². The van der Waals surface area contributed by atoms with Crippen LogP contribution in [0.4, 0.5) is 0 Å². The molecule has 0 bridgehead atoms. The van der Waals surface area contributed by atoms with Crippen LogP contribution in [-0.2, 0) is 22.3 Å². The lowest BCUT2D eigenvalue weighted by Gasteiger charge is -2.32. The molecule has 1 saturated heterocycles. The number of rotatable bonds is 4. The van der Waals surface area contributed by atoms with E-state index in [-0.39, 0.29) is 11.9 Å². The summed E-state index contributed by atoms with van der Waals surface area (Å²) >= 11 is 0. The Balaban J connectivity index is 1.73. The van der Waals surface area contributed by atoms with Gasteiger partial charge in [0.15, 0.2) is 5.41 Å². The summed E-state index contributed by atoms with van der Waals surface area (Å²) in [7, 11) is 0. The van der Waals surface area contributed by atoms with Gasteiger partial charge in [0.25, 0.3) is 5.91 Å². The fourth-order valence-corrected chi connectivity index (χ4v) is 5.81. The summed E-state index contributed by atoms with van der Waals surface area (Å²) in [5, 5.41) is 21.1. The first-order chi connectivity index (χ1) is 14.5. The molecule has 2 heterocycles. The largest absolute Gasteiger partial charge is 0.386 e. The molecule has 0 unspecified atom stereocenters. The van der Waals surface area contributed by atoms with E-state index in [1.807, 2.05) is 67.6 Å². The quantitative estimate of drug-likeness (QED) is 0.853. The van der Waals surface area contributed by atoms with Crippen molar-refractivity contribution in [3.05, 3.63) is 71.8 Å². The van der Waals surface area contributed by atoms with Crippen LogP contribution in [0.25, 0.3) is 0 Å². The molecule has 2 aromatic carbocycles. The maximum atomic E-state index is 10.6. The molecule has 30 heavy (non-hydrogen) atoms. The topological polar surface area (TPSA) is 104 Å². The summed E-state index contributed by atoms with van der Waals surface area (Å²) in [5.74, 6) is -1.42. The predicted octanol–water partition coefficient (Wildman–Crippen LogP) is 2.95. The minimum atomic E-state index is -1.55. The Kier molecular flexibility index (Phi) is 3.86. The van der Waals surface area contributed by atoms with Gasteiger partial charge in [0.05, 0.1) is 24.8 Å². The summed E-state index contributed by atoms with van der Waals surface area (Å²) in [6.07, 6.45) is 0.735. The second kappa shape index (κ2) is 6.15. The normalized spacial score (nSPS) is 35.3. The molecule has 2 N–H and O–H groups in total. The van der Waals surface area contributed by atoms with Crippen molar-refractivity contribution in [2.45, 2.75) is 31.8 Å². The van der Waals surface area contributed by atoms with E-state index in [4.69, 9.17) is 15.2 Å². The molecule has 2 aliphatic heterocycles. The minimum Gasteiger partial charge on any atom is -0.386 e. The molecule has 3 aliphatic rings. The first kappa shape index (κ1) is 18.8. The molecule has 0 radical (unpaired) electrons. The van der Waals surface area contributed by atoms with Crippen molar-refractivity contribution in [2.24, 2.45) is 27.0 Å². The van der Waals surface area contributed by atoms with Crippen molar-refractivity contribution in [1.82, 2.24) is 0 Å². The highest BCUT2D eigenvalue weighted by atomic mass is 16.8. The predicted molar refractivity (Wildman–Crippen MR) is 110 cm³/mol. The van der Waals surface area contributed by atoms with Gasteiger partial charge in [0, 0.05) is 5.41 Å². The van der Waals surface area contributed by atoms with E-state index in [0.717, 1.165) is 11.1 Å². The number of nitriles is 2. The summed E-state index contributed by atoms with van der Waals surface area (Å²) in [4.78, 5) is 4.47. The van der Waals surface area contributed by atoms with Gasteiger partial charge in [-0.2, -0.15) is 10.5 Å². The molecule has 6 heteroatoms. The van der Waals surface area contributed by atoms with Gasteiger partial charge >= 0.3 is 0 Å². The first-order valence-electron chi connectivity index (χ1n) is 10.1. The van der Waals surface area contributed by atoms with Crippen LogP contribution >= 0.6 is 0 Å². The Morgan fingerprint density at radius 1 is 1.00 bits per heavy atom. The van der Waals surface area contributed by atoms with Crippen LogP contribution in [-0.4, -0.2) is 24.5 Å². The smallest absolute Gasteiger partial charge is 0.293 e. The van der Waals surface area contributed by atoms with Crippen molar-refractivity contribution < 1.29 is 9.47 Å². The summed E-state index contributed by atoms with van der Waals surface area (Å²) < 4.78 is 12.1. The van der Waals surface area contributed by atoms with Crippen molar-refractivity contribution >= 4 is 5.84 Å². The fourth-order valence-electron chi connectivity index (χ4n) is 5.81. The van der Waals surface area contributed by atoms with Crippen LogP contribution in [0.2, 0.25) is 0 Å². The number of amidine groups is 1. The van der Waals surface area contributed by atoms with Crippen LogP contribution in [0.15, 0.2) is 65.7 Å². The monoisotopic (exact) mass is 398 g/mol. The molecule has 2 fully saturated rings. The minimum absolute atomic E-state index is 0.132. The first-order valence-corrected chi connectivity index (χ1v) is 10.1. The third-order valence-electron chi connectivity index (χ3n) is 6.97. The Morgan fingerprint density at radius 2 is 1.57 bits per heavy atom. The SMILES string of the molecule is C[C@H]1CO[C@]2(N=C(N)[C@@]3(C#N)C(Cc4ccccc4)(Cc4ccccc4)[C@@]23C#N)O1. The number of ether oxygens (including phenoxy) is 2. The number of benzene rings is 2. The lowest BCUT2D eigenvalue weighted by molar-refractivity contribution is -0.200. The fraction of sp³-hybridized carbons (Fsp3) is 0.375. The zero-order valence-electron chi connectivity index (χ0n) is 16.7. The molecule has 4 atom stereocenters. The number of fused-ring (bicyclic) bond motifs is 2. The molecule has 150 valence electrons. The van der Waals surface area contributed by atoms with Crippen LogP contribution in [0, 0.1) is 38.9 Å². The standard InChI is InChI=1S/C24H22N4O2/c1-17-14-29-24(30-17)23(16-26)21(12-18-8-4-2-5-9-18,13-19-10-6-3-7-11-19)22(23,15-25)20(27)28-24/h2-11,17H,12-14H2,1H3,(H2,27,28)/t17-,22-,23+,24-/m0/s1. The molecule has 5 rings (SSSR count). The van der Waals surface area contributed by atoms with E-state index in [2.05, 4.69) is 17.1 Å². The number of aliphatic imine (C=N–C) groups is 1. The summed E-state index contributed by atoms with van der Waals surface area (Å²) in [6, 6.07) is 24.6. The van der Waals surface area contributed by atoms with Crippen LogP contribution in [0.3, 0.4) is 0 Å². The average molecular weight is 398 g/mol. The van der Waals surface area contributed by atoms with Gasteiger partial charge in [-0.1, -0.05) is 60.7 Å². The second-order valence-corrected chi connectivity index (χ2v) is 8.45. The highest BCUT2D eigenvalue weighted by molar-refractivity contribution is 6.00. The number of nitrogens with zero attached hydrogens (tertiary/aromatic N) is 3. The van der Waals surface area contributed by atoms with E-state index in [9.17, 15) is 10.5 Å². The lowest BCUT2D eigenvalue weighted by Crippen LogP contribution is -2.43. The van der Waals surface area contributed by atoms with Gasteiger partial charge in [-0.3, -0.25) is 0 Å². The van der Waals surface area contributed by atoms with Crippen LogP contribution < -0.4 is 5.73 Å². The Bertz CT molecular complexity index is 1060. The molecule has 1 spiro atoms. The molecule has 0 amide bonds. The average Bonchev–Trinajstić information content (AvgIpc) is 2.92. The Labute approximate surface area is 175 Å². The van der Waals surface area contributed by atoms with E-state index < -0.39 is 22.2 Å². The molecule has 2 aromatic rings.